The van der Waals surface area contributed by atoms with Gasteiger partial charge in [-0.05, 0) is 42.9 Å². The number of aliphatic carboxylic acids is 1. The van der Waals surface area contributed by atoms with Crippen LogP contribution >= 0.6 is 0 Å². The van der Waals surface area contributed by atoms with E-state index in [9.17, 15) is 9.90 Å². The van der Waals surface area contributed by atoms with E-state index in [-0.39, 0.29) is 5.92 Å². The molecule has 1 N–H and O–H groups in total. The molecule has 0 saturated carbocycles. The third-order valence-corrected chi connectivity index (χ3v) is 3.88. The van der Waals surface area contributed by atoms with E-state index in [1.807, 2.05) is 60.7 Å². The molecular weight excluding hydrogens is 272 g/mol. The number of hydrogen-bond donors (Lipinski definition) is 1. The second-order valence-corrected chi connectivity index (χ2v) is 5.55. The molecule has 2 aromatic carbocycles. The Hall–Kier alpha value is -2.35. The van der Waals surface area contributed by atoms with Gasteiger partial charge in [-0.1, -0.05) is 66.7 Å². The summed E-state index contributed by atoms with van der Waals surface area (Å²) in [7, 11) is 0. The van der Waals surface area contributed by atoms with Gasteiger partial charge in [0.1, 0.15) is 0 Å². The molecule has 1 atom stereocenters. The van der Waals surface area contributed by atoms with Gasteiger partial charge in [0.15, 0.2) is 0 Å². The van der Waals surface area contributed by atoms with Crippen molar-refractivity contribution in [1.82, 2.24) is 0 Å². The summed E-state index contributed by atoms with van der Waals surface area (Å²) in [5.74, 6) is -1.05. The Balaban J connectivity index is 1.92. The van der Waals surface area contributed by atoms with Gasteiger partial charge in [0.25, 0.3) is 0 Å². The summed E-state index contributed by atoms with van der Waals surface area (Å²) in [4.78, 5) is 11.4. The van der Waals surface area contributed by atoms with Gasteiger partial charge in [-0.3, -0.25) is 4.79 Å². The molecule has 0 aliphatic rings. The Kier molecular flexibility index (Phi) is 5.96. The molecule has 114 valence electrons. The van der Waals surface area contributed by atoms with Crippen molar-refractivity contribution in [3.05, 3.63) is 77.4 Å². The van der Waals surface area contributed by atoms with E-state index >= 15 is 0 Å². The molecule has 0 aromatic heterocycles. The van der Waals surface area contributed by atoms with Gasteiger partial charge in [-0.25, -0.2) is 0 Å². The van der Waals surface area contributed by atoms with Crippen LogP contribution in [-0.2, 0) is 11.2 Å². The number of benzene rings is 2. The van der Waals surface area contributed by atoms with Crippen molar-refractivity contribution in [1.29, 1.82) is 0 Å². The van der Waals surface area contributed by atoms with Crippen molar-refractivity contribution < 1.29 is 9.90 Å². The number of allylic oxidation sites excluding steroid dienone is 1. The van der Waals surface area contributed by atoms with E-state index in [1.165, 1.54) is 11.1 Å². The second-order valence-electron chi connectivity index (χ2n) is 5.55. The van der Waals surface area contributed by atoms with Gasteiger partial charge in [0.2, 0.25) is 0 Å². The number of aryl methyl sites for hydroxylation is 2. The molecule has 2 nitrogen and oxygen atoms in total. The number of rotatable bonds is 7. The summed E-state index contributed by atoms with van der Waals surface area (Å²) in [6, 6.07) is 18.2. The summed E-state index contributed by atoms with van der Waals surface area (Å²) in [5, 5.41) is 9.37. The van der Waals surface area contributed by atoms with Crippen molar-refractivity contribution in [3.8, 4) is 0 Å². The van der Waals surface area contributed by atoms with Crippen LogP contribution in [0.15, 0.2) is 60.7 Å². The first-order valence-electron chi connectivity index (χ1n) is 7.65. The Bertz CT molecular complexity index is 629. The standard InChI is InChI=1S/C20H22O2/c1-16-8-5-6-11-18(16)12-7-13-19(20(21)22)15-14-17-9-3-2-4-10-17/h2-12,19H,13-15H2,1H3,(H,21,22). The first-order chi connectivity index (χ1) is 10.7. The van der Waals surface area contributed by atoms with Gasteiger partial charge >= 0.3 is 5.97 Å². The van der Waals surface area contributed by atoms with Crippen LogP contribution < -0.4 is 0 Å². The van der Waals surface area contributed by atoms with E-state index in [2.05, 4.69) is 13.0 Å². The van der Waals surface area contributed by atoms with E-state index in [4.69, 9.17) is 0 Å². The summed E-state index contributed by atoms with van der Waals surface area (Å²) in [5.41, 5.74) is 3.54. The monoisotopic (exact) mass is 294 g/mol. The van der Waals surface area contributed by atoms with E-state index in [1.54, 1.807) is 0 Å². The van der Waals surface area contributed by atoms with Crippen LogP contribution in [0.2, 0.25) is 0 Å². The number of carboxylic acid groups (broad SMARTS) is 1. The highest BCUT2D eigenvalue weighted by Crippen LogP contribution is 2.16. The smallest absolute Gasteiger partial charge is 0.306 e. The molecule has 0 spiro atoms. The maximum atomic E-state index is 11.4. The van der Waals surface area contributed by atoms with Crippen LogP contribution in [0.4, 0.5) is 0 Å². The molecule has 0 heterocycles. The summed E-state index contributed by atoms with van der Waals surface area (Å²) in [6.07, 6.45) is 6.03. The molecule has 0 aliphatic heterocycles. The fourth-order valence-corrected chi connectivity index (χ4v) is 2.46. The number of hydrogen-bond acceptors (Lipinski definition) is 1. The summed E-state index contributed by atoms with van der Waals surface area (Å²) in [6.45, 7) is 2.06. The highest BCUT2D eigenvalue weighted by molar-refractivity contribution is 5.70. The highest BCUT2D eigenvalue weighted by Gasteiger charge is 2.15. The lowest BCUT2D eigenvalue weighted by atomic mass is 9.96. The fraction of sp³-hybridized carbons (Fsp3) is 0.250. The Morgan fingerprint density at radius 3 is 2.45 bits per heavy atom. The summed E-state index contributed by atoms with van der Waals surface area (Å²) < 4.78 is 0. The van der Waals surface area contributed by atoms with Gasteiger partial charge in [-0.15, -0.1) is 0 Å². The fourth-order valence-electron chi connectivity index (χ4n) is 2.46. The van der Waals surface area contributed by atoms with E-state index < -0.39 is 5.97 Å². The maximum Gasteiger partial charge on any atom is 0.306 e. The summed E-state index contributed by atoms with van der Waals surface area (Å²) >= 11 is 0. The van der Waals surface area contributed by atoms with Crippen LogP contribution in [0.5, 0.6) is 0 Å². The minimum absolute atomic E-state index is 0.333. The predicted octanol–water partition coefficient (Wildman–Crippen LogP) is 4.73. The van der Waals surface area contributed by atoms with Crippen LogP contribution in [0.1, 0.15) is 29.5 Å². The molecule has 1 unspecified atom stereocenters. The first kappa shape index (κ1) is 16.0. The molecule has 0 aliphatic carbocycles. The lowest BCUT2D eigenvalue weighted by Gasteiger charge is -2.10. The molecule has 0 bridgehead atoms. The average molecular weight is 294 g/mol. The molecule has 2 heteroatoms. The predicted molar refractivity (Wildman–Crippen MR) is 90.7 cm³/mol. The first-order valence-corrected chi connectivity index (χ1v) is 7.65. The SMILES string of the molecule is Cc1ccccc1C=CCC(CCc1ccccc1)C(=O)O. The van der Waals surface area contributed by atoms with Crippen molar-refractivity contribution >= 4 is 12.0 Å². The van der Waals surface area contributed by atoms with Crippen LogP contribution in [-0.4, -0.2) is 11.1 Å². The highest BCUT2D eigenvalue weighted by atomic mass is 16.4. The zero-order valence-corrected chi connectivity index (χ0v) is 12.9. The molecular formula is C20H22O2. The second kappa shape index (κ2) is 8.18. The minimum Gasteiger partial charge on any atom is -0.481 e. The molecule has 22 heavy (non-hydrogen) atoms. The third kappa shape index (κ3) is 4.88. The Morgan fingerprint density at radius 2 is 1.77 bits per heavy atom. The zero-order valence-electron chi connectivity index (χ0n) is 12.9. The van der Waals surface area contributed by atoms with Gasteiger partial charge in [-0.2, -0.15) is 0 Å². The Labute approximate surface area is 132 Å². The third-order valence-electron chi connectivity index (χ3n) is 3.88. The van der Waals surface area contributed by atoms with Crippen LogP contribution in [0.25, 0.3) is 6.08 Å². The molecule has 2 aromatic rings. The van der Waals surface area contributed by atoms with Gasteiger partial charge in [0, 0.05) is 0 Å². The van der Waals surface area contributed by atoms with Crippen molar-refractivity contribution in [2.24, 2.45) is 5.92 Å². The maximum absolute atomic E-state index is 11.4. The number of carboxylic acids is 1. The van der Waals surface area contributed by atoms with Crippen LogP contribution in [0, 0.1) is 12.8 Å². The topological polar surface area (TPSA) is 37.3 Å². The van der Waals surface area contributed by atoms with Crippen molar-refractivity contribution in [3.63, 3.8) is 0 Å². The molecule has 0 amide bonds. The zero-order chi connectivity index (χ0) is 15.8. The normalized spacial score (nSPS) is 12.4. The lowest BCUT2D eigenvalue weighted by molar-refractivity contribution is -0.141. The lowest BCUT2D eigenvalue weighted by Crippen LogP contribution is -2.13. The van der Waals surface area contributed by atoms with Crippen molar-refractivity contribution in [2.45, 2.75) is 26.2 Å². The van der Waals surface area contributed by atoms with Gasteiger partial charge in [0.05, 0.1) is 5.92 Å². The van der Waals surface area contributed by atoms with Crippen molar-refractivity contribution in [2.75, 3.05) is 0 Å². The number of carbonyl (C=O) groups is 1. The largest absolute Gasteiger partial charge is 0.481 e. The molecule has 0 radical (unpaired) electrons. The van der Waals surface area contributed by atoms with E-state index in [0.717, 1.165) is 12.0 Å². The minimum atomic E-state index is -0.717. The Morgan fingerprint density at radius 1 is 1.09 bits per heavy atom. The molecule has 0 saturated heterocycles. The quantitative estimate of drug-likeness (QED) is 0.801. The van der Waals surface area contributed by atoms with Gasteiger partial charge < -0.3 is 5.11 Å². The van der Waals surface area contributed by atoms with Crippen LogP contribution in [0.3, 0.4) is 0 Å². The average Bonchev–Trinajstić information content (AvgIpc) is 2.53. The molecule has 2 rings (SSSR count). The van der Waals surface area contributed by atoms with E-state index in [0.29, 0.717) is 12.8 Å². The molecule has 0 fully saturated rings.